The lowest BCUT2D eigenvalue weighted by molar-refractivity contribution is 0.601. The van der Waals surface area contributed by atoms with E-state index in [1.807, 2.05) is 11.7 Å². The Morgan fingerprint density at radius 3 is 2.80 bits per heavy atom. The molecule has 0 spiro atoms. The number of aromatic nitrogens is 2. The van der Waals surface area contributed by atoms with Crippen LogP contribution < -0.4 is 11.1 Å². The molecule has 0 fully saturated rings. The molecule has 0 bridgehead atoms. The van der Waals surface area contributed by atoms with Gasteiger partial charge < -0.3 is 11.1 Å². The summed E-state index contributed by atoms with van der Waals surface area (Å²) in [6, 6.07) is 9.15. The normalized spacial score (nSPS) is 17.8. The first kappa shape index (κ1) is 13.0. The maximum Gasteiger partial charge on any atom is 0.148 e. The van der Waals surface area contributed by atoms with Crippen LogP contribution in [0.15, 0.2) is 24.3 Å². The molecular weight excluding hydrogens is 248 g/mol. The number of nitrogens with two attached hydrogens (primary N) is 1. The van der Waals surface area contributed by atoms with Crippen LogP contribution in [0.25, 0.3) is 0 Å². The molecule has 2 aromatic rings. The number of hydrogen-bond acceptors (Lipinski definition) is 3. The second kappa shape index (κ2) is 5.19. The van der Waals surface area contributed by atoms with E-state index in [1.165, 1.54) is 11.1 Å². The number of nitrogens with zero attached hydrogens (tertiary/aromatic N) is 2. The Labute approximate surface area is 120 Å². The SMILES string of the molecule is CCc1nn(C)c(NC2CCc3ccccc3C2)c1N. The van der Waals surface area contributed by atoms with Crippen molar-refractivity contribution in [1.29, 1.82) is 0 Å². The van der Waals surface area contributed by atoms with Gasteiger partial charge in [0.2, 0.25) is 0 Å². The average Bonchev–Trinajstić information content (AvgIpc) is 2.74. The van der Waals surface area contributed by atoms with E-state index in [0.29, 0.717) is 6.04 Å². The molecule has 3 rings (SSSR count). The molecule has 106 valence electrons. The van der Waals surface area contributed by atoms with Gasteiger partial charge in [-0.25, -0.2) is 0 Å². The highest BCUT2D eigenvalue weighted by atomic mass is 15.3. The van der Waals surface area contributed by atoms with Crippen molar-refractivity contribution in [2.45, 2.75) is 38.6 Å². The van der Waals surface area contributed by atoms with E-state index in [4.69, 9.17) is 5.73 Å². The standard InChI is InChI=1S/C16H22N4/c1-3-14-15(17)16(20(2)19-14)18-13-9-8-11-6-4-5-7-12(11)10-13/h4-7,13,18H,3,8-10,17H2,1-2H3. The van der Waals surface area contributed by atoms with Crippen molar-refractivity contribution in [3.8, 4) is 0 Å². The van der Waals surface area contributed by atoms with Gasteiger partial charge in [-0.2, -0.15) is 5.10 Å². The third kappa shape index (κ3) is 2.26. The van der Waals surface area contributed by atoms with Crippen LogP contribution in [0.1, 0.15) is 30.2 Å². The molecule has 0 saturated heterocycles. The number of nitrogen functional groups attached to an aromatic ring is 1. The fraction of sp³-hybridized carbons (Fsp3) is 0.438. The van der Waals surface area contributed by atoms with Crippen LogP contribution in [0, 0.1) is 0 Å². The summed E-state index contributed by atoms with van der Waals surface area (Å²) in [6.45, 7) is 2.08. The lowest BCUT2D eigenvalue weighted by atomic mass is 9.88. The summed E-state index contributed by atoms with van der Waals surface area (Å²) in [5, 5.41) is 8.06. The van der Waals surface area contributed by atoms with Crippen LogP contribution in [-0.4, -0.2) is 15.8 Å². The van der Waals surface area contributed by atoms with Crippen LogP contribution in [0.2, 0.25) is 0 Å². The highest BCUT2D eigenvalue weighted by molar-refractivity contribution is 5.65. The monoisotopic (exact) mass is 270 g/mol. The van der Waals surface area contributed by atoms with Gasteiger partial charge in [-0.05, 0) is 36.8 Å². The third-order valence-corrected chi connectivity index (χ3v) is 4.18. The number of rotatable bonds is 3. The lowest BCUT2D eigenvalue weighted by Gasteiger charge is -2.26. The van der Waals surface area contributed by atoms with Gasteiger partial charge in [-0.3, -0.25) is 4.68 Å². The highest BCUT2D eigenvalue weighted by Crippen LogP contribution is 2.27. The number of benzene rings is 1. The summed E-state index contributed by atoms with van der Waals surface area (Å²) in [5.41, 5.74) is 10.9. The molecule has 1 unspecified atom stereocenters. The van der Waals surface area contributed by atoms with E-state index in [1.54, 1.807) is 0 Å². The number of anilines is 2. The Morgan fingerprint density at radius 2 is 2.10 bits per heavy atom. The van der Waals surface area contributed by atoms with Gasteiger partial charge in [0.25, 0.3) is 0 Å². The molecule has 1 aromatic heterocycles. The fourth-order valence-electron chi connectivity index (χ4n) is 3.04. The number of hydrogen-bond donors (Lipinski definition) is 2. The highest BCUT2D eigenvalue weighted by Gasteiger charge is 2.21. The summed E-state index contributed by atoms with van der Waals surface area (Å²) in [7, 11) is 1.95. The molecule has 1 aromatic carbocycles. The van der Waals surface area contributed by atoms with E-state index < -0.39 is 0 Å². The number of aryl methyl sites for hydroxylation is 3. The molecule has 1 aliphatic rings. The number of fused-ring (bicyclic) bond motifs is 1. The summed E-state index contributed by atoms with van der Waals surface area (Å²) >= 11 is 0. The molecule has 1 atom stereocenters. The Balaban J connectivity index is 1.79. The topological polar surface area (TPSA) is 55.9 Å². The summed E-state index contributed by atoms with van der Waals surface area (Å²) in [5.74, 6) is 0.964. The molecule has 1 aliphatic carbocycles. The van der Waals surface area contributed by atoms with Gasteiger partial charge in [0.05, 0.1) is 11.4 Å². The molecule has 0 radical (unpaired) electrons. The van der Waals surface area contributed by atoms with Crippen LogP contribution in [-0.2, 0) is 26.3 Å². The summed E-state index contributed by atoms with van der Waals surface area (Å²) in [6.07, 6.45) is 4.20. The minimum atomic E-state index is 0.437. The Bertz CT molecular complexity index is 615. The molecule has 1 heterocycles. The van der Waals surface area contributed by atoms with Crippen LogP contribution in [0.5, 0.6) is 0 Å². The molecule has 4 nitrogen and oxygen atoms in total. The predicted octanol–water partition coefficient (Wildman–Crippen LogP) is 2.53. The van der Waals surface area contributed by atoms with Gasteiger partial charge in [0, 0.05) is 13.1 Å². The smallest absolute Gasteiger partial charge is 0.148 e. The van der Waals surface area contributed by atoms with Gasteiger partial charge in [-0.1, -0.05) is 31.2 Å². The maximum absolute atomic E-state index is 6.18. The van der Waals surface area contributed by atoms with Gasteiger partial charge in [0.15, 0.2) is 0 Å². The predicted molar refractivity (Wildman–Crippen MR) is 82.9 cm³/mol. The van der Waals surface area contributed by atoms with Crippen LogP contribution >= 0.6 is 0 Å². The first-order chi connectivity index (χ1) is 9.69. The largest absolute Gasteiger partial charge is 0.394 e. The van der Waals surface area contributed by atoms with Crippen LogP contribution in [0.3, 0.4) is 0 Å². The van der Waals surface area contributed by atoms with Crippen molar-refractivity contribution >= 4 is 11.5 Å². The van der Waals surface area contributed by atoms with Crippen molar-refractivity contribution in [2.24, 2.45) is 7.05 Å². The fourth-order valence-corrected chi connectivity index (χ4v) is 3.04. The lowest BCUT2D eigenvalue weighted by Crippen LogP contribution is -2.28. The first-order valence-corrected chi connectivity index (χ1v) is 7.33. The zero-order chi connectivity index (χ0) is 14.1. The van der Waals surface area contributed by atoms with Gasteiger partial charge in [-0.15, -0.1) is 0 Å². The molecule has 20 heavy (non-hydrogen) atoms. The van der Waals surface area contributed by atoms with E-state index in [9.17, 15) is 0 Å². The number of nitrogens with one attached hydrogen (secondary N) is 1. The van der Waals surface area contributed by atoms with E-state index in [0.717, 1.165) is 42.9 Å². The molecule has 0 aliphatic heterocycles. The average molecular weight is 270 g/mol. The summed E-state index contributed by atoms with van der Waals surface area (Å²) in [4.78, 5) is 0. The van der Waals surface area contributed by atoms with Crippen molar-refractivity contribution in [3.05, 3.63) is 41.1 Å². The van der Waals surface area contributed by atoms with Crippen LogP contribution in [0.4, 0.5) is 11.5 Å². The van der Waals surface area contributed by atoms with E-state index >= 15 is 0 Å². The second-order valence-electron chi connectivity index (χ2n) is 5.54. The Hall–Kier alpha value is -1.97. The zero-order valence-electron chi connectivity index (χ0n) is 12.2. The molecular formula is C16H22N4. The van der Waals surface area contributed by atoms with Crippen molar-refractivity contribution < 1.29 is 0 Å². The maximum atomic E-state index is 6.18. The first-order valence-electron chi connectivity index (χ1n) is 7.33. The zero-order valence-corrected chi connectivity index (χ0v) is 12.2. The molecule has 0 saturated carbocycles. The minimum Gasteiger partial charge on any atom is -0.394 e. The van der Waals surface area contributed by atoms with Crippen molar-refractivity contribution in [1.82, 2.24) is 9.78 Å². The van der Waals surface area contributed by atoms with Crippen molar-refractivity contribution in [2.75, 3.05) is 11.1 Å². The Morgan fingerprint density at radius 1 is 1.35 bits per heavy atom. The Kier molecular flexibility index (Phi) is 3.38. The molecule has 3 N–H and O–H groups in total. The van der Waals surface area contributed by atoms with E-state index in [-0.39, 0.29) is 0 Å². The van der Waals surface area contributed by atoms with Gasteiger partial charge >= 0.3 is 0 Å². The van der Waals surface area contributed by atoms with Gasteiger partial charge in [0.1, 0.15) is 5.82 Å². The minimum absolute atomic E-state index is 0.437. The quantitative estimate of drug-likeness (QED) is 0.901. The third-order valence-electron chi connectivity index (χ3n) is 4.18. The van der Waals surface area contributed by atoms with E-state index in [2.05, 4.69) is 41.6 Å². The van der Waals surface area contributed by atoms with Crippen molar-refractivity contribution in [3.63, 3.8) is 0 Å². The molecule has 0 amide bonds. The second-order valence-corrected chi connectivity index (χ2v) is 5.54. The molecule has 4 heteroatoms. The summed E-state index contributed by atoms with van der Waals surface area (Å²) < 4.78 is 1.87.